The first-order valence-electron chi connectivity index (χ1n) is 12.8. The minimum absolute atomic E-state index is 0.0647. The van der Waals surface area contributed by atoms with Gasteiger partial charge in [0.1, 0.15) is 6.29 Å². The van der Waals surface area contributed by atoms with Gasteiger partial charge in [-0.1, -0.05) is 67.8 Å². The fourth-order valence-electron chi connectivity index (χ4n) is 5.94. The minimum atomic E-state index is -0.312. The summed E-state index contributed by atoms with van der Waals surface area (Å²) >= 11 is 0. The zero-order valence-corrected chi connectivity index (χ0v) is 20.1. The molecular weight excluding hydrogens is 436 g/mol. The summed E-state index contributed by atoms with van der Waals surface area (Å²) in [5.41, 5.74) is 3.71. The molecule has 1 saturated heterocycles. The highest BCUT2D eigenvalue weighted by molar-refractivity contribution is 6.01. The number of nitrogens with zero attached hydrogens (tertiary/aromatic N) is 2. The number of carbonyl (C=O) groups excluding carboxylic acids is 2. The fraction of sp³-hybridized carbons (Fsp3) is 0.414. The molecule has 182 valence electrons. The number of aldehydes is 1. The van der Waals surface area contributed by atoms with Gasteiger partial charge in [0.25, 0.3) is 5.91 Å². The highest BCUT2D eigenvalue weighted by Crippen LogP contribution is 2.39. The molecule has 0 spiro atoms. The van der Waals surface area contributed by atoms with Crippen molar-refractivity contribution in [1.82, 2.24) is 20.2 Å². The van der Waals surface area contributed by atoms with E-state index in [1.807, 2.05) is 42.5 Å². The van der Waals surface area contributed by atoms with Crippen LogP contribution in [0.15, 0.2) is 67.1 Å². The van der Waals surface area contributed by atoms with Gasteiger partial charge in [0.15, 0.2) is 0 Å². The normalized spacial score (nSPS) is 22.9. The summed E-state index contributed by atoms with van der Waals surface area (Å²) in [6.07, 6.45) is 10.9. The third kappa shape index (κ3) is 5.38. The van der Waals surface area contributed by atoms with Crippen LogP contribution in [-0.4, -0.2) is 52.2 Å². The number of hydrogen-bond donors (Lipinski definition) is 2. The summed E-state index contributed by atoms with van der Waals surface area (Å²) in [6.45, 7) is 1.41. The van der Waals surface area contributed by atoms with Crippen molar-refractivity contribution in [3.63, 3.8) is 0 Å². The molecule has 1 aliphatic carbocycles. The standard InChI is InChI=1S/C29H34N4O2/c34-19-25(15-24-16-30-20-32-24)31-17-26-14-22-10-4-5-11-23(22)18-33(26)29(35)28-13-7-6-12-27(28)21-8-2-1-3-9-21/h1-3,6-9,12-13,16,19-20,22-23,25-26,31H,4-5,10-11,14-15,17-18H2,(H,30,32)/t22-,23-,25+,26+/m1/s1. The number of imidazole rings is 1. The molecule has 2 heterocycles. The molecular formula is C29H34N4O2. The van der Waals surface area contributed by atoms with E-state index in [2.05, 4.69) is 32.3 Å². The molecule has 1 amide bonds. The Hall–Kier alpha value is -3.25. The van der Waals surface area contributed by atoms with Crippen molar-refractivity contribution < 1.29 is 9.59 Å². The molecule has 1 aromatic heterocycles. The third-order valence-electron chi connectivity index (χ3n) is 7.79. The van der Waals surface area contributed by atoms with Gasteiger partial charge in [-0.25, -0.2) is 4.98 Å². The molecule has 1 aliphatic heterocycles. The summed E-state index contributed by atoms with van der Waals surface area (Å²) < 4.78 is 0. The van der Waals surface area contributed by atoms with Crippen molar-refractivity contribution in [3.8, 4) is 11.1 Å². The van der Waals surface area contributed by atoms with Crippen LogP contribution >= 0.6 is 0 Å². The third-order valence-corrected chi connectivity index (χ3v) is 7.79. The van der Waals surface area contributed by atoms with Gasteiger partial charge in [-0.05, 0) is 41.9 Å². The summed E-state index contributed by atoms with van der Waals surface area (Å²) in [5, 5.41) is 3.45. The maximum atomic E-state index is 14.1. The van der Waals surface area contributed by atoms with Gasteiger partial charge in [-0.3, -0.25) is 4.79 Å². The van der Waals surface area contributed by atoms with Gasteiger partial charge in [0, 0.05) is 43.0 Å². The molecule has 6 heteroatoms. The Morgan fingerprint density at radius 2 is 1.86 bits per heavy atom. The van der Waals surface area contributed by atoms with Crippen molar-refractivity contribution in [2.24, 2.45) is 11.8 Å². The highest BCUT2D eigenvalue weighted by Gasteiger charge is 2.39. The SMILES string of the molecule is O=C[C@H](Cc1cnc[nH]1)NC[C@@H]1C[C@H]2CCCC[C@@H]2CN1C(=O)c1ccccc1-c1ccccc1. The van der Waals surface area contributed by atoms with E-state index in [9.17, 15) is 9.59 Å². The first-order valence-corrected chi connectivity index (χ1v) is 12.8. The van der Waals surface area contributed by atoms with Crippen LogP contribution in [0.4, 0.5) is 0 Å². The van der Waals surface area contributed by atoms with E-state index in [4.69, 9.17) is 0 Å². The fourth-order valence-corrected chi connectivity index (χ4v) is 5.94. The Labute approximate surface area is 207 Å². The smallest absolute Gasteiger partial charge is 0.254 e. The number of piperidine rings is 1. The van der Waals surface area contributed by atoms with Crippen LogP contribution in [0.3, 0.4) is 0 Å². The van der Waals surface area contributed by atoms with E-state index in [1.54, 1.807) is 12.5 Å². The number of fused-ring (bicyclic) bond motifs is 1. The van der Waals surface area contributed by atoms with Crippen LogP contribution in [0.2, 0.25) is 0 Å². The highest BCUT2D eigenvalue weighted by atomic mass is 16.2. The van der Waals surface area contributed by atoms with Gasteiger partial charge in [-0.2, -0.15) is 0 Å². The summed E-state index contributed by atoms with van der Waals surface area (Å²) in [6, 6.07) is 17.8. The number of benzene rings is 2. The lowest BCUT2D eigenvalue weighted by molar-refractivity contribution is -0.109. The van der Waals surface area contributed by atoms with Gasteiger partial charge in [0.05, 0.1) is 12.4 Å². The topological polar surface area (TPSA) is 78.1 Å². The molecule has 3 aromatic rings. The lowest BCUT2D eigenvalue weighted by Crippen LogP contribution is -2.55. The summed E-state index contributed by atoms with van der Waals surface area (Å²) in [5.74, 6) is 1.32. The number of hydrogen-bond acceptors (Lipinski definition) is 4. The van der Waals surface area contributed by atoms with Gasteiger partial charge < -0.3 is 20.0 Å². The number of likely N-dealkylation sites (tertiary alicyclic amines) is 1. The molecule has 2 aliphatic rings. The Balaban J connectivity index is 1.38. The molecule has 0 bridgehead atoms. The van der Waals surface area contributed by atoms with E-state index >= 15 is 0 Å². The number of H-pyrrole nitrogens is 1. The second-order valence-corrected chi connectivity index (χ2v) is 10.00. The quantitative estimate of drug-likeness (QED) is 0.475. The average Bonchev–Trinajstić information content (AvgIpc) is 3.44. The molecule has 0 unspecified atom stereocenters. The first-order chi connectivity index (χ1) is 17.2. The van der Waals surface area contributed by atoms with E-state index in [0.29, 0.717) is 24.8 Å². The van der Waals surface area contributed by atoms with Crippen molar-refractivity contribution in [3.05, 3.63) is 78.4 Å². The van der Waals surface area contributed by atoms with Crippen LogP contribution in [0.1, 0.15) is 48.2 Å². The minimum Gasteiger partial charge on any atom is -0.348 e. The van der Waals surface area contributed by atoms with E-state index < -0.39 is 0 Å². The molecule has 2 N–H and O–H groups in total. The molecule has 4 atom stereocenters. The van der Waals surface area contributed by atoms with Gasteiger partial charge in [-0.15, -0.1) is 0 Å². The molecule has 6 nitrogen and oxygen atoms in total. The zero-order chi connectivity index (χ0) is 24.0. The van der Waals surface area contributed by atoms with Crippen molar-refractivity contribution in [2.75, 3.05) is 13.1 Å². The Morgan fingerprint density at radius 1 is 1.09 bits per heavy atom. The monoisotopic (exact) mass is 470 g/mol. The van der Waals surface area contributed by atoms with Gasteiger partial charge in [0.2, 0.25) is 0 Å². The maximum absolute atomic E-state index is 14.1. The van der Waals surface area contributed by atoms with Crippen LogP contribution in [0.25, 0.3) is 11.1 Å². The van der Waals surface area contributed by atoms with E-state index in [-0.39, 0.29) is 18.0 Å². The summed E-state index contributed by atoms with van der Waals surface area (Å²) in [7, 11) is 0. The maximum Gasteiger partial charge on any atom is 0.254 e. The number of carbonyl (C=O) groups is 2. The predicted molar refractivity (Wildman–Crippen MR) is 137 cm³/mol. The number of aromatic amines is 1. The van der Waals surface area contributed by atoms with Crippen LogP contribution in [-0.2, 0) is 11.2 Å². The Bertz CT molecular complexity index is 1110. The number of aromatic nitrogens is 2. The number of amides is 1. The lowest BCUT2D eigenvalue weighted by Gasteiger charge is -2.46. The average molecular weight is 471 g/mol. The van der Waals surface area contributed by atoms with Crippen molar-refractivity contribution in [2.45, 2.75) is 50.6 Å². The molecule has 2 fully saturated rings. The van der Waals surface area contributed by atoms with Gasteiger partial charge >= 0.3 is 0 Å². The molecule has 0 radical (unpaired) electrons. The largest absolute Gasteiger partial charge is 0.348 e. The van der Waals surface area contributed by atoms with E-state index in [0.717, 1.165) is 41.6 Å². The predicted octanol–water partition coefficient (Wildman–Crippen LogP) is 4.50. The van der Waals surface area contributed by atoms with Crippen LogP contribution in [0.5, 0.6) is 0 Å². The Morgan fingerprint density at radius 3 is 2.63 bits per heavy atom. The second-order valence-electron chi connectivity index (χ2n) is 10.00. The van der Waals surface area contributed by atoms with Crippen molar-refractivity contribution in [1.29, 1.82) is 0 Å². The zero-order valence-electron chi connectivity index (χ0n) is 20.1. The Kier molecular flexibility index (Phi) is 7.38. The second kappa shape index (κ2) is 11.0. The lowest BCUT2D eigenvalue weighted by atomic mass is 9.72. The van der Waals surface area contributed by atoms with Crippen LogP contribution in [0, 0.1) is 11.8 Å². The summed E-state index contributed by atoms with van der Waals surface area (Å²) in [4.78, 5) is 35.1. The first kappa shape index (κ1) is 23.5. The molecule has 35 heavy (non-hydrogen) atoms. The molecule has 2 aromatic carbocycles. The van der Waals surface area contributed by atoms with E-state index in [1.165, 1.54) is 25.7 Å². The number of nitrogens with one attached hydrogen (secondary N) is 2. The van der Waals surface area contributed by atoms with Crippen molar-refractivity contribution >= 4 is 12.2 Å². The van der Waals surface area contributed by atoms with Crippen LogP contribution < -0.4 is 5.32 Å². The molecule has 5 rings (SSSR count). The number of rotatable bonds is 8. The molecule has 1 saturated carbocycles.